The van der Waals surface area contributed by atoms with E-state index in [9.17, 15) is 19.5 Å². The van der Waals surface area contributed by atoms with Crippen LogP contribution < -0.4 is 0 Å². The summed E-state index contributed by atoms with van der Waals surface area (Å²) in [7, 11) is 0. The van der Waals surface area contributed by atoms with Gasteiger partial charge in [0.2, 0.25) is 0 Å². The molecule has 0 amide bonds. The van der Waals surface area contributed by atoms with E-state index in [2.05, 4.69) is 0 Å². The summed E-state index contributed by atoms with van der Waals surface area (Å²) in [5.41, 5.74) is -1.49. The standard InChI is InChI=1S/C18H24O6/c1-3-23-15(19)10-12-18(22,13-11-16(20)24-4-2)17(21)14-8-6-5-7-9-14/h5-9,22H,3-4,10-13H2,1-2H3. The second kappa shape index (κ2) is 9.82. The molecule has 0 heterocycles. The molecule has 0 saturated carbocycles. The first-order valence-corrected chi connectivity index (χ1v) is 8.06. The number of Topliss-reactive ketones (excluding diaryl/α,β-unsaturated/α-hetero) is 1. The largest absolute Gasteiger partial charge is 0.466 e. The summed E-state index contributed by atoms with van der Waals surface area (Å²) in [5, 5.41) is 10.8. The molecule has 24 heavy (non-hydrogen) atoms. The lowest BCUT2D eigenvalue weighted by Crippen LogP contribution is -2.40. The van der Waals surface area contributed by atoms with Gasteiger partial charge in [-0.2, -0.15) is 0 Å². The maximum Gasteiger partial charge on any atom is 0.305 e. The zero-order chi connectivity index (χ0) is 18.0. The fraction of sp³-hybridized carbons (Fsp3) is 0.500. The summed E-state index contributed by atoms with van der Waals surface area (Å²) in [5.74, 6) is -1.50. The van der Waals surface area contributed by atoms with Crippen molar-refractivity contribution in [2.45, 2.75) is 45.1 Å². The van der Waals surface area contributed by atoms with E-state index >= 15 is 0 Å². The van der Waals surface area contributed by atoms with Crippen LogP contribution >= 0.6 is 0 Å². The molecule has 132 valence electrons. The highest BCUT2D eigenvalue weighted by Crippen LogP contribution is 2.25. The van der Waals surface area contributed by atoms with Gasteiger partial charge in [0, 0.05) is 18.4 Å². The molecule has 6 heteroatoms. The number of ether oxygens (including phenoxy) is 2. The Morgan fingerprint density at radius 3 is 1.79 bits per heavy atom. The average molecular weight is 336 g/mol. The van der Waals surface area contributed by atoms with E-state index in [1.165, 1.54) is 0 Å². The first-order chi connectivity index (χ1) is 11.4. The summed E-state index contributed by atoms with van der Waals surface area (Å²) in [6.07, 6.45) is -0.435. The molecule has 1 rings (SSSR count). The van der Waals surface area contributed by atoms with Gasteiger partial charge in [-0.25, -0.2) is 0 Å². The van der Waals surface area contributed by atoms with Crippen molar-refractivity contribution < 1.29 is 29.0 Å². The highest BCUT2D eigenvalue weighted by atomic mass is 16.5. The Labute approximate surface area is 141 Å². The molecule has 0 atom stereocenters. The van der Waals surface area contributed by atoms with E-state index < -0.39 is 23.3 Å². The maximum absolute atomic E-state index is 12.7. The lowest BCUT2D eigenvalue weighted by atomic mass is 9.84. The van der Waals surface area contributed by atoms with Crippen LogP contribution in [0.15, 0.2) is 30.3 Å². The number of carbonyl (C=O) groups excluding carboxylic acids is 3. The molecule has 0 aliphatic carbocycles. The smallest absolute Gasteiger partial charge is 0.305 e. The summed E-state index contributed by atoms with van der Waals surface area (Å²) >= 11 is 0. The van der Waals surface area contributed by atoms with Gasteiger partial charge in [0.15, 0.2) is 5.78 Å². The zero-order valence-electron chi connectivity index (χ0n) is 14.1. The lowest BCUT2D eigenvalue weighted by Gasteiger charge is -2.26. The van der Waals surface area contributed by atoms with E-state index in [1.54, 1.807) is 44.2 Å². The molecule has 1 aromatic rings. The van der Waals surface area contributed by atoms with Gasteiger partial charge in [-0.3, -0.25) is 14.4 Å². The number of carbonyl (C=O) groups is 3. The Balaban J connectivity index is 2.86. The van der Waals surface area contributed by atoms with Gasteiger partial charge >= 0.3 is 11.9 Å². The van der Waals surface area contributed by atoms with Crippen molar-refractivity contribution in [2.75, 3.05) is 13.2 Å². The third-order valence-corrected chi connectivity index (χ3v) is 3.55. The molecule has 0 radical (unpaired) electrons. The minimum absolute atomic E-state index is 0.105. The predicted molar refractivity (Wildman–Crippen MR) is 87.5 cm³/mol. The first-order valence-electron chi connectivity index (χ1n) is 8.06. The monoisotopic (exact) mass is 336 g/mol. The van der Waals surface area contributed by atoms with E-state index in [0.29, 0.717) is 5.56 Å². The molecule has 0 aromatic heterocycles. The summed E-state index contributed by atoms with van der Waals surface area (Å²) < 4.78 is 9.67. The van der Waals surface area contributed by atoms with E-state index in [0.717, 1.165) is 0 Å². The summed E-state index contributed by atoms with van der Waals surface area (Å²) in [4.78, 5) is 35.8. The minimum atomic E-state index is -1.82. The van der Waals surface area contributed by atoms with Gasteiger partial charge in [-0.1, -0.05) is 30.3 Å². The Morgan fingerprint density at radius 1 is 0.917 bits per heavy atom. The highest BCUT2D eigenvalue weighted by molar-refractivity contribution is 6.02. The van der Waals surface area contributed by atoms with Crippen molar-refractivity contribution in [3.63, 3.8) is 0 Å². The van der Waals surface area contributed by atoms with Gasteiger partial charge in [0.05, 0.1) is 13.2 Å². The van der Waals surface area contributed by atoms with Gasteiger partial charge in [-0.15, -0.1) is 0 Å². The van der Waals surface area contributed by atoms with Gasteiger partial charge < -0.3 is 14.6 Å². The van der Waals surface area contributed by atoms with Gasteiger partial charge in [-0.05, 0) is 26.7 Å². The minimum Gasteiger partial charge on any atom is -0.466 e. The SMILES string of the molecule is CCOC(=O)CCC(O)(CCC(=O)OCC)C(=O)c1ccccc1. The molecule has 0 bridgehead atoms. The molecular formula is C18H24O6. The molecule has 6 nitrogen and oxygen atoms in total. The number of benzene rings is 1. The second-order valence-electron chi connectivity index (χ2n) is 5.34. The second-order valence-corrected chi connectivity index (χ2v) is 5.34. The zero-order valence-corrected chi connectivity index (χ0v) is 14.1. The van der Waals surface area contributed by atoms with Crippen LogP contribution in [0.2, 0.25) is 0 Å². The Bertz CT molecular complexity index is 530. The number of rotatable bonds is 10. The van der Waals surface area contributed by atoms with Crippen LogP contribution in [-0.2, 0) is 19.1 Å². The molecular weight excluding hydrogens is 312 g/mol. The molecule has 0 saturated heterocycles. The van der Waals surface area contributed by atoms with Crippen molar-refractivity contribution in [3.05, 3.63) is 35.9 Å². The number of aliphatic hydroxyl groups is 1. The third-order valence-electron chi connectivity index (χ3n) is 3.55. The first kappa shape index (κ1) is 19.8. The Hall–Kier alpha value is -2.21. The van der Waals surface area contributed by atoms with Crippen molar-refractivity contribution in [1.82, 2.24) is 0 Å². The molecule has 0 fully saturated rings. The van der Waals surface area contributed by atoms with Crippen LogP contribution in [0.1, 0.15) is 49.9 Å². The van der Waals surface area contributed by atoms with Crippen molar-refractivity contribution in [3.8, 4) is 0 Å². The van der Waals surface area contributed by atoms with Crippen molar-refractivity contribution in [2.24, 2.45) is 0 Å². The average Bonchev–Trinajstić information content (AvgIpc) is 2.59. The predicted octanol–water partition coefficient (Wildman–Crippen LogP) is 2.29. The molecule has 1 aromatic carbocycles. The highest BCUT2D eigenvalue weighted by Gasteiger charge is 2.37. The topological polar surface area (TPSA) is 89.9 Å². The molecule has 1 N–H and O–H groups in total. The molecule has 0 aliphatic heterocycles. The number of esters is 2. The van der Waals surface area contributed by atoms with Crippen LogP contribution in [0.5, 0.6) is 0 Å². The fourth-order valence-electron chi connectivity index (χ4n) is 2.29. The number of hydrogen-bond acceptors (Lipinski definition) is 6. The van der Waals surface area contributed by atoms with Gasteiger partial charge in [0.1, 0.15) is 5.60 Å². The van der Waals surface area contributed by atoms with Crippen LogP contribution in [0.25, 0.3) is 0 Å². The maximum atomic E-state index is 12.7. The number of hydrogen-bond donors (Lipinski definition) is 1. The quantitative estimate of drug-likeness (QED) is 0.521. The van der Waals surface area contributed by atoms with E-state index in [4.69, 9.17) is 9.47 Å². The van der Waals surface area contributed by atoms with Gasteiger partial charge in [0.25, 0.3) is 0 Å². The van der Waals surface area contributed by atoms with Crippen LogP contribution in [0.4, 0.5) is 0 Å². The molecule has 0 aliphatic rings. The van der Waals surface area contributed by atoms with Crippen LogP contribution in [0.3, 0.4) is 0 Å². The summed E-state index contributed by atoms with van der Waals surface area (Å²) in [6.45, 7) is 3.82. The molecule has 0 spiro atoms. The number of ketones is 1. The van der Waals surface area contributed by atoms with E-state index in [1.807, 2.05) is 0 Å². The van der Waals surface area contributed by atoms with Crippen LogP contribution in [-0.4, -0.2) is 41.6 Å². The normalized spacial score (nSPS) is 11.0. The Kier molecular flexibility index (Phi) is 8.12. The summed E-state index contributed by atoms with van der Waals surface area (Å²) in [6, 6.07) is 8.30. The van der Waals surface area contributed by atoms with E-state index in [-0.39, 0.29) is 38.9 Å². The Morgan fingerprint density at radius 2 is 1.38 bits per heavy atom. The van der Waals surface area contributed by atoms with Crippen LogP contribution in [0, 0.1) is 0 Å². The van der Waals surface area contributed by atoms with Crippen molar-refractivity contribution in [1.29, 1.82) is 0 Å². The lowest BCUT2D eigenvalue weighted by molar-refractivity contribution is -0.144. The molecule has 0 unspecified atom stereocenters. The third kappa shape index (κ3) is 6.12. The fourth-order valence-corrected chi connectivity index (χ4v) is 2.29. The van der Waals surface area contributed by atoms with Crippen molar-refractivity contribution >= 4 is 17.7 Å².